The third-order valence-electron chi connectivity index (χ3n) is 4.74. The van der Waals surface area contributed by atoms with Gasteiger partial charge in [-0.05, 0) is 0 Å². The molecule has 0 spiro atoms. The minimum Gasteiger partial charge on any atom is -0.199 e. The van der Waals surface area contributed by atoms with Crippen molar-refractivity contribution in [2.24, 2.45) is 0 Å². The van der Waals surface area contributed by atoms with Gasteiger partial charge in [0, 0.05) is 0 Å². The Kier molecular flexibility index (Phi) is 13.2. The first-order chi connectivity index (χ1) is 15.5. The van der Waals surface area contributed by atoms with Gasteiger partial charge in [-0.25, -0.2) is 0 Å². The topological polar surface area (TPSA) is 0 Å². The summed E-state index contributed by atoms with van der Waals surface area (Å²) in [4.78, 5) is 0. The minimum atomic E-state index is 0. The summed E-state index contributed by atoms with van der Waals surface area (Å²) in [5.74, 6) is 0. The maximum absolute atomic E-state index is 3.72. The maximum atomic E-state index is 3.72. The van der Waals surface area contributed by atoms with Crippen LogP contribution in [0.5, 0.6) is 0 Å². The first-order valence-corrected chi connectivity index (χ1v) is 10.7. The molecule has 0 aromatic heterocycles. The normalized spacial score (nSPS) is 9.03. The summed E-state index contributed by atoms with van der Waals surface area (Å²) in [7, 11) is 0. The van der Waals surface area contributed by atoms with E-state index in [2.05, 4.69) is 65.0 Å². The number of fused-ring (bicyclic) bond motifs is 1. The van der Waals surface area contributed by atoms with E-state index in [0.717, 1.165) is 16.7 Å². The molecule has 0 heterocycles. The Morgan fingerprint density at radius 1 is 0.515 bits per heavy atom. The number of aryl methyl sites for hydroxylation is 2. The van der Waals surface area contributed by atoms with Gasteiger partial charge in [0.25, 0.3) is 0 Å². The van der Waals surface area contributed by atoms with Gasteiger partial charge in [0.1, 0.15) is 0 Å². The summed E-state index contributed by atoms with van der Waals surface area (Å²) in [6.07, 6.45) is 0. The van der Waals surface area contributed by atoms with Crippen LogP contribution in [0.2, 0.25) is 0 Å². The van der Waals surface area contributed by atoms with Gasteiger partial charge in [-0.15, -0.1) is 77.0 Å². The van der Waals surface area contributed by atoms with Crippen molar-refractivity contribution in [3.05, 3.63) is 170 Å². The van der Waals surface area contributed by atoms with Crippen LogP contribution in [-0.4, -0.2) is 0 Å². The van der Waals surface area contributed by atoms with E-state index in [1.165, 1.54) is 21.9 Å². The van der Waals surface area contributed by atoms with Crippen LogP contribution in [0.25, 0.3) is 10.8 Å². The molecule has 0 N–H and O–H groups in total. The minimum absolute atomic E-state index is 0. The van der Waals surface area contributed by atoms with Crippen LogP contribution in [0.15, 0.2) is 121 Å². The molecular formula is C32H32Ti. The quantitative estimate of drug-likeness (QED) is 0.159. The summed E-state index contributed by atoms with van der Waals surface area (Å²) < 4.78 is 0. The Labute approximate surface area is 215 Å². The second-order valence-electron chi connectivity index (χ2n) is 7.51. The summed E-state index contributed by atoms with van der Waals surface area (Å²) in [5, 5.41) is 2.79. The van der Waals surface area contributed by atoms with Crippen molar-refractivity contribution >= 4 is 10.8 Å². The van der Waals surface area contributed by atoms with Crippen molar-refractivity contribution < 1.29 is 21.7 Å². The Hall–Kier alpha value is -3.19. The molecule has 0 saturated heterocycles. The number of hydrogen-bond acceptors (Lipinski definition) is 0. The van der Waals surface area contributed by atoms with E-state index in [-0.39, 0.29) is 21.7 Å². The standard InChI is InChI=1S/C11H11.3C7H7.Ti/c1-8-7-9(2)11-6-4-3-5-10(8)11;3*1-7-5-3-2-4-6-7;/h3-7H,1-2H3;3*2-6H,1H2;/q4*-1;+4. The summed E-state index contributed by atoms with van der Waals surface area (Å²) in [6.45, 7) is 15.5. The molecule has 0 amide bonds. The van der Waals surface area contributed by atoms with Crippen LogP contribution >= 0.6 is 0 Å². The molecule has 5 rings (SSSR count). The van der Waals surface area contributed by atoms with Gasteiger partial charge >= 0.3 is 21.7 Å². The first kappa shape index (κ1) is 27.8. The van der Waals surface area contributed by atoms with E-state index in [1.807, 2.05) is 91.0 Å². The molecule has 5 aromatic carbocycles. The van der Waals surface area contributed by atoms with Gasteiger partial charge in [-0.2, -0.15) is 79.4 Å². The van der Waals surface area contributed by atoms with E-state index in [1.54, 1.807) is 0 Å². The molecule has 0 nitrogen and oxygen atoms in total. The largest absolute Gasteiger partial charge is 4.00 e. The average molecular weight is 464 g/mol. The molecule has 0 radical (unpaired) electrons. The van der Waals surface area contributed by atoms with Crippen molar-refractivity contribution in [3.8, 4) is 0 Å². The van der Waals surface area contributed by atoms with E-state index < -0.39 is 0 Å². The van der Waals surface area contributed by atoms with Crippen LogP contribution in [-0.2, 0) is 21.7 Å². The smallest absolute Gasteiger partial charge is 0.199 e. The third kappa shape index (κ3) is 10.8. The third-order valence-corrected chi connectivity index (χ3v) is 4.74. The Morgan fingerprint density at radius 2 is 0.848 bits per heavy atom. The van der Waals surface area contributed by atoms with E-state index in [0.29, 0.717) is 0 Å². The average Bonchev–Trinajstić information content (AvgIpc) is 3.11. The first-order valence-electron chi connectivity index (χ1n) is 10.7. The molecule has 33 heavy (non-hydrogen) atoms. The van der Waals surface area contributed by atoms with Gasteiger partial charge in [0.15, 0.2) is 0 Å². The monoisotopic (exact) mass is 464 g/mol. The zero-order valence-electron chi connectivity index (χ0n) is 19.7. The van der Waals surface area contributed by atoms with Gasteiger partial charge in [-0.1, -0.05) is 38.1 Å². The molecule has 0 aliphatic rings. The number of rotatable bonds is 0. The molecule has 1 heteroatoms. The van der Waals surface area contributed by atoms with Gasteiger partial charge in [0.2, 0.25) is 0 Å². The van der Waals surface area contributed by atoms with Crippen molar-refractivity contribution in [1.29, 1.82) is 0 Å². The maximum Gasteiger partial charge on any atom is 4.00 e. The Bertz CT molecular complexity index is 1020. The van der Waals surface area contributed by atoms with Crippen molar-refractivity contribution in [2.45, 2.75) is 13.8 Å². The van der Waals surface area contributed by atoms with Gasteiger partial charge < -0.3 is 0 Å². The van der Waals surface area contributed by atoms with Crippen LogP contribution in [0.4, 0.5) is 0 Å². The molecule has 5 aromatic rings. The van der Waals surface area contributed by atoms with Crippen molar-refractivity contribution in [3.63, 3.8) is 0 Å². The van der Waals surface area contributed by atoms with Crippen LogP contribution in [0.1, 0.15) is 27.8 Å². The predicted octanol–water partition coefficient (Wildman–Crippen LogP) is 8.78. The fourth-order valence-electron chi connectivity index (χ4n) is 3.09. The zero-order valence-corrected chi connectivity index (χ0v) is 21.2. The molecular weight excluding hydrogens is 432 g/mol. The fourth-order valence-corrected chi connectivity index (χ4v) is 3.09. The van der Waals surface area contributed by atoms with Gasteiger partial charge in [0.05, 0.1) is 0 Å². The van der Waals surface area contributed by atoms with Crippen molar-refractivity contribution in [2.75, 3.05) is 0 Å². The molecule has 0 bridgehead atoms. The van der Waals surface area contributed by atoms with Crippen LogP contribution in [0, 0.1) is 34.6 Å². The molecule has 0 aliphatic heterocycles. The Balaban J connectivity index is 0.000000223. The number of benzene rings is 4. The fraction of sp³-hybridized carbons (Fsp3) is 0.0625. The second kappa shape index (κ2) is 15.6. The molecule has 0 aliphatic carbocycles. The zero-order chi connectivity index (χ0) is 23.2. The molecule has 164 valence electrons. The SMILES string of the molecule is Cc1c[c-](C)c2ccccc12.[CH2-]c1ccccc1.[CH2-]c1ccccc1.[CH2-]c1ccccc1.[Ti+4]. The molecule has 0 atom stereocenters. The van der Waals surface area contributed by atoms with E-state index in [4.69, 9.17) is 0 Å². The molecule has 0 unspecified atom stereocenters. The summed E-state index contributed by atoms with van der Waals surface area (Å²) in [5.41, 5.74) is 5.99. The molecule has 0 fully saturated rings. The van der Waals surface area contributed by atoms with Crippen molar-refractivity contribution in [1.82, 2.24) is 0 Å². The summed E-state index contributed by atoms with van der Waals surface area (Å²) >= 11 is 0. The van der Waals surface area contributed by atoms with Gasteiger partial charge in [-0.3, -0.25) is 0 Å². The number of hydrogen-bond donors (Lipinski definition) is 0. The summed E-state index contributed by atoms with van der Waals surface area (Å²) in [6, 6.07) is 40.4. The van der Waals surface area contributed by atoms with E-state index in [9.17, 15) is 0 Å². The van der Waals surface area contributed by atoms with Crippen LogP contribution in [0.3, 0.4) is 0 Å². The second-order valence-corrected chi connectivity index (χ2v) is 7.51. The van der Waals surface area contributed by atoms with Crippen LogP contribution < -0.4 is 0 Å². The van der Waals surface area contributed by atoms with E-state index >= 15 is 0 Å². The molecule has 0 saturated carbocycles. The predicted molar refractivity (Wildman–Crippen MR) is 142 cm³/mol. The Morgan fingerprint density at radius 3 is 1.15 bits per heavy atom.